The van der Waals surface area contributed by atoms with Crippen LogP contribution in [0.5, 0.6) is 11.5 Å². The lowest BCUT2D eigenvalue weighted by molar-refractivity contribution is -0.0175. The Hall–Kier alpha value is -2.33. The third-order valence-corrected chi connectivity index (χ3v) is 3.85. The van der Waals surface area contributed by atoms with E-state index in [4.69, 9.17) is 9.47 Å². The normalized spacial score (nSPS) is 20.4. The van der Waals surface area contributed by atoms with Crippen molar-refractivity contribution in [3.63, 3.8) is 0 Å². The standard InChI is InChI=1S/C18H18O4/c1-3-21-18-16(20)13-6-4-5-7-15(13)22-17(18)12-9-8-11(2)14(19)10-12/h4-10,17-19H,3H2,1-2H3. The maximum Gasteiger partial charge on any atom is 0.199 e. The highest BCUT2D eigenvalue weighted by molar-refractivity contribution is 6.03. The summed E-state index contributed by atoms with van der Waals surface area (Å²) in [6, 6.07) is 12.4. The molecule has 3 rings (SSSR count). The molecule has 1 aliphatic rings. The summed E-state index contributed by atoms with van der Waals surface area (Å²) < 4.78 is 11.6. The molecule has 2 aromatic carbocycles. The number of phenols is 1. The second-order valence-corrected chi connectivity index (χ2v) is 5.32. The minimum absolute atomic E-state index is 0.0891. The van der Waals surface area contributed by atoms with Crippen LogP contribution >= 0.6 is 0 Å². The molecule has 1 aliphatic heterocycles. The van der Waals surface area contributed by atoms with Crippen molar-refractivity contribution >= 4 is 5.78 Å². The zero-order chi connectivity index (χ0) is 15.7. The van der Waals surface area contributed by atoms with Crippen molar-refractivity contribution < 1.29 is 19.4 Å². The van der Waals surface area contributed by atoms with Gasteiger partial charge in [-0.15, -0.1) is 0 Å². The molecule has 0 bridgehead atoms. The van der Waals surface area contributed by atoms with Gasteiger partial charge in [0.1, 0.15) is 11.5 Å². The van der Waals surface area contributed by atoms with E-state index in [2.05, 4.69) is 0 Å². The van der Waals surface area contributed by atoms with Crippen molar-refractivity contribution in [3.05, 3.63) is 59.2 Å². The number of carbonyl (C=O) groups excluding carboxylic acids is 1. The second-order valence-electron chi connectivity index (χ2n) is 5.32. The van der Waals surface area contributed by atoms with Gasteiger partial charge >= 0.3 is 0 Å². The highest BCUT2D eigenvalue weighted by Crippen LogP contribution is 2.37. The van der Waals surface area contributed by atoms with E-state index in [1.54, 1.807) is 24.3 Å². The van der Waals surface area contributed by atoms with Crippen LogP contribution in [0.15, 0.2) is 42.5 Å². The van der Waals surface area contributed by atoms with Gasteiger partial charge in [-0.05, 0) is 43.2 Å². The first-order chi connectivity index (χ1) is 10.6. The van der Waals surface area contributed by atoms with E-state index in [0.29, 0.717) is 17.9 Å². The van der Waals surface area contributed by atoms with Gasteiger partial charge in [-0.25, -0.2) is 0 Å². The summed E-state index contributed by atoms with van der Waals surface area (Å²) in [5, 5.41) is 9.93. The van der Waals surface area contributed by atoms with Gasteiger partial charge < -0.3 is 14.6 Å². The lowest BCUT2D eigenvalue weighted by Gasteiger charge is -2.32. The molecule has 1 N–H and O–H groups in total. The molecule has 2 unspecified atom stereocenters. The number of ketones is 1. The summed E-state index contributed by atoms with van der Waals surface area (Å²) in [6.45, 7) is 4.08. The molecule has 0 amide bonds. The number of para-hydroxylation sites is 1. The molecule has 0 aromatic heterocycles. The topological polar surface area (TPSA) is 55.8 Å². The van der Waals surface area contributed by atoms with E-state index >= 15 is 0 Å². The quantitative estimate of drug-likeness (QED) is 0.943. The van der Waals surface area contributed by atoms with E-state index in [9.17, 15) is 9.90 Å². The molecule has 22 heavy (non-hydrogen) atoms. The molecule has 114 valence electrons. The third-order valence-electron chi connectivity index (χ3n) is 3.85. The molecule has 4 heteroatoms. The Bertz CT molecular complexity index is 708. The van der Waals surface area contributed by atoms with Crippen LogP contribution in [0, 0.1) is 6.92 Å². The first-order valence-electron chi connectivity index (χ1n) is 7.33. The molecule has 0 saturated carbocycles. The van der Waals surface area contributed by atoms with Crippen LogP contribution in [0.1, 0.15) is 34.5 Å². The van der Waals surface area contributed by atoms with Crippen LogP contribution in [0.3, 0.4) is 0 Å². The Balaban J connectivity index is 2.05. The summed E-state index contributed by atoms with van der Waals surface area (Å²) in [4.78, 5) is 12.7. The SMILES string of the molecule is CCOC1C(=O)c2ccccc2OC1c1ccc(C)c(O)c1. The largest absolute Gasteiger partial charge is 0.508 e. The summed E-state index contributed by atoms with van der Waals surface area (Å²) in [6.07, 6.45) is -1.27. The number of ether oxygens (including phenoxy) is 2. The molecule has 0 fully saturated rings. The zero-order valence-electron chi connectivity index (χ0n) is 12.6. The van der Waals surface area contributed by atoms with Crippen LogP contribution in [0.2, 0.25) is 0 Å². The van der Waals surface area contributed by atoms with E-state index in [1.807, 2.05) is 32.0 Å². The van der Waals surface area contributed by atoms with Gasteiger partial charge in [0.15, 0.2) is 18.0 Å². The summed E-state index contributed by atoms with van der Waals surface area (Å²) in [7, 11) is 0. The Morgan fingerprint density at radius 2 is 2.00 bits per heavy atom. The van der Waals surface area contributed by atoms with Gasteiger partial charge in [-0.2, -0.15) is 0 Å². The lowest BCUT2D eigenvalue weighted by atomic mass is 9.93. The van der Waals surface area contributed by atoms with E-state index in [0.717, 1.165) is 11.1 Å². The van der Waals surface area contributed by atoms with Crippen LogP contribution in [0.4, 0.5) is 0 Å². The van der Waals surface area contributed by atoms with Gasteiger partial charge in [0.25, 0.3) is 0 Å². The van der Waals surface area contributed by atoms with E-state index in [1.165, 1.54) is 0 Å². The summed E-state index contributed by atoms with van der Waals surface area (Å²) >= 11 is 0. The van der Waals surface area contributed by atoms with Crippen LogP contribution in [-0.2, 0) is 4.74 Å². The Labute approximate surface area is 129 Å². The summed E-state index contributed by atoms with van der Waals surface area (Å²) in [5.74, 6) is 0.643. The molecule has 0 spiro atoms. The number of aryl methyl sites for hydroxylation is 1. The molecule has 2 atom stereocenters. The third kappa shape index (κ3) is 2.46. The van der Waals surface area contributed by atoms with E-state index < -0.39 is 12.2 Å². The lowest BCUT2D eigenvalue weighted by Crippen LogP contribution is -2.38. The molecule has 0 aliphatic carbocycles. The number of phenolic OH excluding ortho intramolecular Hbond substituents is 1. The molecule has 0 radical (unpaired) electrons. The van der Waals surface area contributed by atoms with Crippen LogP contribution in [0.25, 0.3) is 0 Å². The number of fused-ring (bicyclic) bond motifs is 1. The monoisotopic (exact) mass is 298 g/mol. The molecule has 1 heterocycles. The smallest absolute Gasteiger partial charge is 0.199 e. The Morgan fingerprint density at radius 1 is 1.23 bits per heavy atom. The van der Waals surface area contributed by atoms with Crippen molar-refractivity contribution in [1.29, 1.82) is 0 Å². The van der Waals surface area contributed by atoms with Crippen LogP contribution in [-0.4, -0.2) is 23.6 Å². The van der Waals surface area contributed by atoms with Gasteiger partial charge in [-0.3, -0.25) is 4.79 Å². The number of rotatable bonds is 3. The van der Waals surface area contributed by atoms with Crippen molar-refractivity contribution in [2.45, 2.75) is 26.1 Å². The van der Waals surface area contributed by atoms with Crippen molar-refractivity contribution in [3.8, 4) is 11.5 Å². The zero-order valence-corrected chi connectivity index (χ0v) is 12.6. The highest BCUT2D eigenvalue weighted by Gasteiger charge is 2.38. The van der Waals surface area contributed by atoms with Gasteiger partial charge in [0.2, 0.25) is 0 Å². The predicted octanol–water partition coefficient (Wildman–Crippen LogP) is 3.42. The van der Waals surface area contributed by atoms with Crippen LogP contribution < -0.4 is 4.74 Å². The minimum Gasteiger partial charge on any atom is -0.508 e. The molecule has 0 saturated heterocycles. The molecule has 4 nitrogen and oxygen atoms in total. The van der Waals surface area contributed by atoms with Gasteiger partial charge in [0.05, 0.1) is 5.56 Å². The molecular weight excluding hydrogens is 280 g/mol. The fourth-order valence-corrected chi connectivity index (χ4v) is 2.65. The number of benzene rings is 2. The van der Waals surface area contributed by atoms with Gasteiger partial charge in [-0.1, -0.05) is 24.3 Å². The van der Waals surface area contributed by atoms with Gasteiger partial charge in [0, 0.05) is 6.61 Å². The second kappa shape index (κ2) is 5.81. The Kier molecular flexibility index (Phi) is 3.86. The number of hydrogen-bond acceptors (Lipinski definition) is 4. The maximum absolute atomic E-state index is 12.7. The Morgan fingerprint density at radius 3 is 2.73 bits per heavy atom. The molecular formula is C18H18O4. The van der Waals surface area contributed by atoms with Crippen molar-refractivity contribution in [2.24, 2.45) is 0 Å². The summed E-state index contributed by atoms with van der Waals surface area (Å²) in [5.41, 5.74) is 2.04. The van der Waals surface area contributed by atoms with Crippen molar-refractivity contribution in [2.75, 3.05) is 6.61 Å². The fourth-order valence-electron chi connectivity index (χ4n) is 2.65. The maximum atomic E-state index is 12.7. The first-order valence-corrected chi connectivity index (χ1v) is 7.33. The highest BCUT2D eigenvalue weighted by atomic mass is 16.5. The number of Topliss-reactive ketones (excluding diaryl/α,β-unsaturated/α-hetero) is 1. The predicted molar refractivity (Wildman–Crippen MR) is 82.4 cm³/mol. The average Bonchev–Trinajstić information content (AvgIpc) is 2.53. The number of hydrogen-bond donors (Lipinski definition) is 1. The molecule has 2 aromatic rings. The number of carbonyl (C=O) groups is 1. The number of aromatic hydroxyl groups is 1. The first kappa shape index (κ1) is 14.6. The minimum atomic E-state index is -0.706. The van der Waals surface area contributed by atoms with E-state index in [-0.39, 0.29) is 11.5 Å². The van der Waals surface area contributed by atoms with Crippen molar-refractivity contribution in [1.82, 2.24) is 0 Å². The fraction of sp³-hybridized carbons (Fsp3) is 0.278. The average molecular weight is 298 g/mol.